The standard InChI is InChI=1S/C15H24N2O2/c1-2-3-10-17-11-9-13(18)16-14(15(17)19)12-7-5-4-6-8-12/h2-3,12,14H,4-11H2,1H3,(H,16,18)/b3-2+. The van der Waals surface area contributed by atoms with Crippen LogP contribution in [0.25, 0.3) is 0 Å². The van der Waals surface area contributed by atoms with Crippen LogP contribution in [0.4, 0.5) is 0 Å². The van der Waals surface area contributed by atoms with E-state index in [1.165, 1.54) is 19.3 Å². The molecule has 0 aromatic carbocycles. The van der Waals surface area contributed by atoms with E-state index in [1.807, 2.05) is 24.0 Å². The molecule has 1 heterocycles. The van der Waals surface area contributed by atoms with Crippen LogP contribution in [0.5, 0.6) is 0 Å². The Hall–Kier alpha value is -1.32. The number of rotatable bonds is 3. The molecule has 1 unspecified atom stereocenters. The van der Waals surface area contributed by atoms with Gasteiger partial charge in [-0.3, -0.25) is 9.59 Å². The highest BCUT2D eigenvalue weighted by molar-refractivity contribution is 5.90. The van der Waals surface area contributed by atoms with Crippen LogP contribution >= 0.6 is 0 Å². The van der Waals surface area contributed by atoms with E-state index < -0.39 is 0 Å². The summed E-state index contributed by atoms with van der Waals surface area (Å²) in [6.45, 7) is 3.11. The van der Waals surface area contributed by atoms with Gasteiger partial charge in [-0.05, 0) is 25.7 Å². The normalized spacial score (nSPS) is 26.6. The fourth-order valence-corrected chi connectivity index (χ4v) is 3.05. The maximum atomic E-state index is 12.6. The Kier molecular flexibility index (Phi) is 5.00. The van der Waals surface area contributed by atoms with Gasteiger partial charge in [0.05, 0.1) is 0 Å². The van der Waals surface area contributed by atoms with E-state index in [4.69, 9.17) is 0 Å². The molecule has 106 valence electrons. The fourth-order valence-electron chi connectivity index (χ4n) is 3.05. The Labute approximate surface area is 115 Å². The van der Waals surface area contributed by atoms with Crippen molar-refractivity contribution >= 4 is 11.8 Å². The monoisotopic (exact) mass is 264 g/mol. The second-order valence-corrected chi connectivity index (χ2v) is 5.55. The average molecular weight is 264 g/mol. The molecular weight excluding hydrogens is 240 g/mol. The predicted molar refractivity (Wildman–Crippen MR) is 74.5 cm³/mol. The molecule has 1 aliphatic carbocycles. The third-order valence-corrected chi connectivity index (χ3v) is 4.19. The Bertz CT molecular complexity index is 359. The molecule has 2 amide bonds. The topological polar surface area (TPSA) is 49.4 Å². The first kappa shape index (κ1) is 14.1. The molecule has 1 atom stereocenters. The predicted octanol–water partition coefficient (Wildman–Crippen LogP) is 1.86. The molecule has 2 rings (SSSR count). The highest BCUT2D eigenvalue weighted by Crippen LogP contribution is 2.28. The zero-order chi connectivity index (χ0) is 13.7. The molecule has 19 heavy (non-hydrogen) atoms. The van der Waals surface area contributed by atoms with Gasteiger partial charge in [-0.15, -0.1) is 0 Å². The smallest absolute Gasteiger partial charge is 0.245 e. The summed E-state index contributed by atoms with van der Waals surface area (Å²) in [5.41, 5.74) is 0. The molecular formula is C15H24N2O2. The van der Waals surface area contributed by atoms with Gasteiger partial charge >= 0.3 is 0 Å². The molecule has 4 heteroatoms. The van der Waals surface area contributed by atoms with Gasteiger partial charge in [0.2, 0.25) is 11.8 Å². The summed E-state index contributed by atoms with van der Waals surface area (Å²) in [6.07, 6.45) is 10.1. The molecule has 2 fully saturated rings. The van der Waals surface area contributed by atoms with Crippen molar-refractivity contribution in [2.45, 2.75) is 51.5 Å². The van der Waals surface area contributed by atoms with Crippen LogP contribution in [0.3, 0.4) is 0 Å². The Balaban J connectivity index is 2.09. The van der Waals surface area contributed by atoms with Crippen molar-refractivity contribution < 1.29 is 9.59 Å². The van der Waals surface area contributed by atoms with Crippen molar-refractivity contribution in [3.8, 4) is 0 Å². The molecule has 0 aromatic heterocycles. The number of carbonyl (C=O) groups excluding carboxylic acids is 2. The highest BCUT2D eigenvalue weighted by atomic mass is 16.2. The lowest BCUT2D eigenvalue weighted by atomic mass is 9.83. The maximum absolute atomic E-state index is 12.6. The van der Waals surface area contributed by atoms with Gasteiger partial charge < -0.3 is 10.2 Å². The van der Waals surface area contributed by atoms with Gasteiger partial charge in [-0.1, -0.05) is 31.4 Å². The number of nitrogens with one attached hydrogen (secondary N) is 1. The van der Waals surface area contributed by atoms with Gasteiger partial charge in [-0.25, -0.2) is 0 Å². The van der Waals surface area contributed by atoms with E-state index in [-0.39, 0.29) is 17.9 Å². The van der Waals surface area contributed by atoms with Crippen molar-refractivity contribution in [2.75, 3.05) is 13.1 Å². The summed E-state index contributed by atoms with van der Waals surface area (Å²) in [6, 6.07) is -0.291. The van der Waals surface area contributed by atoms with E-state index in [0.717, 1.165) is 12.8 Å². The first-order valence-corrected chi connectivity index (χ1v) is 7.41. The Morgan fingerprint density at radius 1 is 1.26 bits per heavy atom. The summed E-state index contributed by atoms with van der Waals surface area (Å²) >= 11 is 0. The summed E-state index contributed by atoms with van der Waals surface area (Å²) < 4.78 is 0. The third kappa shape index (κ3) is 3.58. The van der Waals surface area contributed by atoms with Crippen LogP contribution in [0.2, 0.25) is 0 Å². The number of hydrogen-bond acceptors (Lipinski definition) is 2. The number of amides is 2. The first-order valence-electron chi connectivity index (χ1n) is 7.41. The fraction of sp³-hybridized carbons (Fsp3) is 0.733. The quantitative estimate of drug-likeness (QED) is 0.791. The molecule has 0 spiro atoms. The van der Waals surface area contributed by atoms with Crippen LogP contribution in [0.15, 0.2) is 12.2 Å². The van der Waals surface area contributed by atoms with Crippen LogP contribution in [0.1, 0.15) is 45.4 Å². The minimum absolute atomic E-state index is 0.0203. The van der Waals surface area contributed by atoms with Crippen molar-refractivity contribution in [2.24, 2.45) is 5.92 Å². The van der Waals surface area contributed by atoms with Gasteiger partial charge in [0.1, 0.15) is 6.04 Å². The zero-order valence-corrected chi connectivity index (χ0v) is 11.7. The Morgan fingerprint density at radius 2 is 2.00 bits per heavy atom. The average Bonchev–Trinajstić information content (AvgIpc) is 2.58. The van der Waals surface area contributed by atoms with Crippen LogP contribution in [-0.4, -0.2) is 35.8 Å². The molecule has 1 aliphatic heterocycles. The van der Waals surface area contributed by atoms with E-state index in [1.54, 1.807) is 0 Å². The molecule has 1 saturated heterocycles. The van der Waals surface area contributed by atoms with Crippen molar-refractivity contribution in [1.29, 1.82) is 0 Å². The largest absolute Gasteiger partial charge is 0.344 e. The number of nitrogens with zero attached hydrogens (tertiary/aromatic N) is 1. The van der Waals surface area contributed by atoms with Gasteiger partial charge in [0, 0.05) is 19.5 Å². The maximum Gasteiger partial charge on any atom is 0.245 e. The van der Waals surface area contributed by atoms with Gasteiger partial charge in [0.25, 0.3) is 0 Å². The van der Waals surface area contributed by atoms with Crippen molar-refractivity contribution in [1.82, 2.24) is 10.2 Å². The van der Waals surface area contributed by atoms with E-state index >= 15 is 0 Å². The number of carbonyl (C=O) groups is 2. The molecule has 1 N–H and O–H groups in total. The Morgan fingerprint density at radius 3 is 2.68 bits per heavy atom. The minimum Gasteiger partial charge on any atom is -0.344 e. The minimum atomic E-state index is -0.291. The molecule has 4 nitrogen and oxygen atoms in total. The second-order valence-electron chi connectivity index (χ2n) is 5.55. The van der Waals surface area contributed by atoms with Gasteiger partial charge in [-0.2, -0.15) is 0 Å². The summed E-state index contributed by atoms with van der Waals surface area (Å²) in [5.74, 6) is 0.458. The molecule has 0 bridgehead atoms. The molecule has 0 radical (unpaired) electrons. The third-order valence-electron chi connectivity index (χ3n) is 4.19. The van der Waals surface area contributed by atoms with E-state index in [0.29, 0.717) is 25.4 Å². The summed E-state index contributed by atoms with van der Waals surface area (Å²) in [7, 11) is 0. The highest BCUT2D eigenvalue weighted by Gasteiger charge is 2.35. The van der Waals surface area contributed by atoms with Crippen LogP contribution in [-0.2, 0) is 9.59 Å². The number of allylic oxidation sites excluding steroid dienone is 1. The van der Waals surface area contributed by atoms with Crippen LogP contribution in [0, 0.1) is 5.92 Å². The number of hydrogen-bond donors (Lipinski definition) is 1. The molecule has 0 aromatic rings. The molecule has 2 aliphatic rings. The lowest BCUT2D eigenvalue weighted by Gasteiger charge is -2.31. The second kappa shape index (κ2) is 6.73. The lowest BCUT2D eigenvalue weighted by molar-refractivity contribution is -0.135. The van der Waals surface area contributed by atoms with Gasteiger partial charge in [0.15, 0.2) is 0 Å². The first-order chi connectivity index (χ1) is 9.22. The zero-order valence-electron chi connectivity index (χ0n) is 11.7. The summed E-state index contributed by atoms with van der Waals surface area (Å²) in [5, 5.41) is 2.95. The van der Waals surface area contributed by atoms with Crippen molar-refractivity contribution in [3.05, 3.63) is 12.2 Å². The SMILES string of the molecule is C/C=C/CN1CCC(=O)NC(C2CCCCC2)C1=O. The summed E-state index contributed by atoms with van der Waals surface area (Å²) in [4.78, 5) is 26.2. The van der Waals surface area contributed by atoms with E-state index in [2.05, 4.69) is 5.32 Å². The molecule has 1 saturated carbocycles. The van der Waals surface area contributed by atoms with E-state index in [9.17, 15) is 9.59 Å². The lowest BCUT2D eigenvalue weighted by Crippen LogP contribution is -2.49. The van der Waals surface area contributed by atoms with Crippen LogP contribution < -0.4 is 5.32 Å². The van der Waals surface area contributed by atoms with Crippen molar-refractivity contribution in [3.63, 3.8) is 0 Å².